The maximum Gasteiger partial charge on any atom is 0.0749 e. The third-order valence-electron chi connectivity index (χ3n) is 7.60. The van der Waals surface area contributed by atoms with Crippen molar-refractivity contribution >= 4 is 0 Å². The Labute approximate surface area is 178 Å². The van der Waals surface area contributed by atoms with Gasteiger partial charge in [-0.15, -0.1) is 0 Å². The largest absolute Gasteiger partial charge is 0.392 e. The Kier molecular flexibility index (Phi) is 8.81. The fraction of sp³-hybridized carbons (Fsp3) is 0.704. The van der Waals surface area contributed by atoms with E-state index < -0.39 is 0 Å². The number of unbranched alkanes of at least 4 members (excludes halogenated alkanes) is 1. The van der Waals surface area contributed by atoms with Gasteiger partial charge >= 0.3 is 0 Å². The van der Waals surface area contributed by atoms with Gasteiger partial charge in [-0.25, -0.2) is 0 Å². The Bertz CT molecular complexity index is 608. The summed E-state index contributed by atoms with van der Waals surface area (Å²) in [5.41, 5.74) is 1.43. The molecule has 0 aliphatic heterocycles. The molecule has 0 radical (unpaired) electrons. The Balaban J connectivity index is 1.50. The SMILES string of the molecule is CCC=CCCC=CC1=C[C@H]2C[C@@H](O)[C@@H](C=C[C@H](O)C(C)C3CCCCC3)[C@H]2C1. The van der Waals surface area contributed by atoms with Gasteiger partial charge in [0, 0.05) is 5.92 Å². The van der Waals surface area contributed by atoms with Gasteiger partial charge in [0.2, 0.25) is 0 Å². The molecule has 162 valence electrons. The predicted octanol–water partition coefficient (Wildman–Crippen LogP) is 6.37. The van der Waals surface area contributed by atoms with Crippen molar-refractivity contribution in [3.05, 3.63) is 48.1 Å². The molecule has 29 heavy (non-hydrogen) atoms. The molecule has 0 aromatic carbocycles. The number of aliphatic hydroxyl groups is 2. The fourth-order valence-corrected chi connectivity index (χ4v) is 5.74. The lowest BCUT2D eigenvalue weighted by molar-refractivity contribution is 0.102. The molecular formula is C27H42O2. The molecule has 2 fully saturated rings. The zero-order valence-corrected chi connectivity index (χ0v) is 18.5. The normalized spacial score (nSPS) is 33.0. The Morgan fingerprint density at radius 1 is 1.10 bits per heavy atom. The van der Waals surface area contributed by atoms with Crippen LogP contribution in [0.5, 0.6) is 0 Å². The molecule has 0 spiro atoms. The second-order valence-corrected chi connectivity index (χ2v) is 9.65. The van der Waals surface area contributed by atoms with Gasteiger partial charge in [-0.1, -0.05) is 94.1 Å². The first kappa shape index (κ1) is 22.6. The van der Waals surface area contributed by atoms with E-state index in [0.717, 1.165) is 32.1 Å². The van der Waals surface area contributed by atoms with Gasteiger partial charge in [-0.2, -0.15) is 0 Å². The highest BCUT2D eigenvalue weighted by atomic mass is 16.3. The highest BCUT2D eigenvalue weighted by Gasteiger charge is 2.43. The van der Waals surface area contributed by atoms with Crippen LogP contribution in [-0.2, 0) is 0 Å². The topological polar surface area (TPSA) is 40.5 Å². The van der Waals surface area contributed by atoms with Crippen LogP contribution in [-0.4, -0.2) is 22.4 Å². The molecule has 2 saturated carbocycles. The second-order valence-electron chi connectivity index (χ2n) is 9.65. The molecule has 0 aromatic heterocycles. The summed E-state index contributed by atoms with van der Waals surface area (Å²) < 4.78 is 0. The number of hydrogen-bond donors (Lipinski definition) is 2. The Morgan fingerprint density at radius 3 is 2.62 bits per heavy atom. The van der Waals surface area contributed by atoms with Crippen LogP contribution in [0.25, 0.3) is 0 Å². The molecule has 1 unspecified atom stereocenters. The predicted molar refractivity (Wildman–Crippen MR) is 122 cm³/mol. The van der Waals surface area contributed by atoms with Gasteiger partial charge in [0.15, 0.2) is 0 Å². The lowest BCUT2D eigenvalue weighted by Crippen LogP contribution is -2.26. The summed E-state index contributed by atoms with van der Waals surface area (Å²) in [6.07, 6.45) is 26.7. The van der Waals surface area contributed by atoms with E-state index in [2.05, 4.69) is 50.3 Å². The molecule has 3 aliphatic rings. The maximum atomic E-state index is 10.7. The van der Waals surface area contributed by atoms with Crippen LogP contribution < -0.4 is 0 Å². The minimum Gasteiger partial charge on any atom is -0.392 e. The monoisotopic (exact) mass is 398 g/mol. The summed E-state index contributed by atoms with van der Waals surface area (Å²) in [6, 6.07) is 0. The van der Waals surface area contributed by atoms with Crippen LogP contribution in [0, 0.1) is 29.6 Å². The third-order valence-corrected chi connectivity index (χ3v) is 7.60. The molecule has 2 heteroatoms. The highest BCUT2D eigenvalue weighted by molar-refractivity contribution is 5.29. The average Bonchev–Trinajstić information content (AvgIpc) is 3.25. The van der Waals surface area contributed by atoms with Crippen molar-refractivity contribution in [3.8, 4) is 0 Å². The molecule has 3 rings (SSSR count). The molecule has 0 heterocycles. The molecule has 6 atom stereocenters. The standard InChI is InChI=1S/C27H42O2/c1-3-4-5-6-7-9-12-21-17-23-19-27(29)24(25(23)18-21)15-16-26(28)20(2)22-13-10-8-11-14-22/h4-5,9,12,15-17,20,22-29H,3,6-8,10-11,13-14,18-19H2,1-2H3/t20?,23-,24-,25-,26-,27+/m0/s1. The van der Waals surface area contributed by atoms with Crippen LogP contribution in [0.15, 0.2) is 48.1 Å². The van der Waals surface area contributed by atoms with Crippen LogP contribution >= 0.6 is 0 Å². The highest BCUT2D eigenvalue weighted by Crippen LogP contribution is 2.47. The van der Waals surface area contributed by atoms with Gasteiger partial charge in [-0.3, -0.25) is 0 Å². The van der Waals surface area contributed by atoms with Gasteiger partial charge in [-0.05, 0) is 55.8 Å². The van der Waals surface area contributed by atoms with Crippen LogP contribution in [0.4, 0.5) is 0 Å². The lowest BCUT2D eigenvalue weighted by atomic mass is 9.78. The Hall–Kier alpha value is -1.12. The lowest BCUT2D eigenvalue weighted by Gasteiger charge is -2.30. The van der Waals surface area contributed by atoms with E-state index in [1.54, 1.807) is 0 Å². The van der Waals surface area contributed by atoms with Crippen LogP contribution in [0.3, 0.4) is 0 Å². The van der Waals surface area contributed by atoms with Crippen molar-refractivity contribution in [2.24, 2.45) is 29.6 Å². The van der Waals surface area contributed by atoms with E-state index in [1.165, 1.54) is 37.7 Å². The van der Waals surface area contributed by atoms with Crippen molar-refractivity contribution in [2.45, 2.75) is 90.3 Å². The van der Waals surface area contributed by atoms with E-state index in [9.17, 15) is 10.2 Å². The van der Waals surface area contributed by atoms with Crippen molar-refractivity contribution in [1.29, 1.82) is 0 Å². The maximum absolute atomic E-state index is 10.7. The molecular weight excluding hydrogens is 356 g/mol. The molecule has 2 nitrogen and oxygen atoms in total. The number of allylic oxidation sites excluding steroid dienone is 6. The summed E-state index contributed by atoms with van der Waals surface area (Å²) in [5, 5.41) is 21.3. The summed E-state index contributed by atoms with van der Waals surface area (Å²) >= 11 is 0. The van der Waals surface area contributed by atoms with Crippen LogP contribution in [0.2, 0.25) is 0 Å². The smallest absolute Gasteiger partial charge is 0.0749 e. The first-order valence-corrected chi connectivity index (χ1v) is 12.2. The Morgan fingerprint density at radius 2 is 1.86 bits per heavy atom. The van der Waals surface area contributed by atoms with E-state index >= 15 is 0 Å². The second kappa shape index (κ2) is 11.3. The average molecular weight is 399 g/mol. The van der Waals surface area contributed by atoms with Crippen LogP contribution in [0.1, 0.15) is 78.1 Å². The van der Waals surface area contributed by atoms with Crippen molar-refractivity contribution < 1.29 is 10.2 Å². The zero-order chi connectivity index (χ0) is 20.6. The molecule has 0 amide bonds. The zero-order valence-electron chi connectivity index (χ0n) is 18.5. The van der Waals surface area contributed by atoms with E-state index in [-0.39, 0.29) is 18.1 Å². The van der Waals surface area contributed by atoms with Crippen molar-refractivity contribution in [3.63, 3.8) is 0 Å². The van der Waals surface area contributed by atoms with E-state index in [1.807, 2.05) is 6.08 Å². The van der Waals surface area contributed by atoms with Gasteiger partial charge in [0.1, 0.15) is 0 Å². The quantitative estimate of drug-likeness (QED) is 0.350. The van der Waals surface area contributed by atoms with Gasteiger partial charge in [0.25, 0.3) is 0 Å². The summed E-state index contributed by atoms with van der Waals surface area (Å²) in [6.45, 7) is 4.37. The van der Waals surface area contributed by atoms with E-state index in [4.69, 9.17) is 0 Å². The molecule has 3 aliphatic carbocycles. The van der Waals surface area contributed by atoms with Crippen molar-refractivity contribution in [2.75, 3.05) is 0 Å². The summed E-state index contributed by atoms with van der Waals surface area (Å²) in [4.78, 5) is 0. The summed E-state index contributed by atoms with van der Waals surface area (Å²) in [5.74, 6) is 2.15. The van der Waals surface area contributed by atoms with E-state index in [0.29, 0.717) is 23.7 Å². The number of hydrogen-bond acceptors (Lipinski definition) is 2. The summed E-state index contributed by atoms with van der Waals surface area (Å²) in [7, 11) is 0. The molecule has 0 aromatic rings. The molecule has 0 bridgehead atoms. The van der Waals surface area contributed by atoms with Gasteiger partial charge in [0.05, 0.1) is 12.2 Å². The first-order valence-electron chi connectivity index (χ1n) is 12.2. The third kappa shape index (κ3) is 6.18. The first-order chi connectivity index (χ1) is 14.1. The number of rotatable bonds is 9. The molecule has 0 saturated heterocycles. The number of aliphatic hydroxyl groups excluding tert-OH is 2. The minimum absolute atomic E-state index is 0.183. The minimum atomic E-state index is -0.380. The molecule has 2 N–H and O–H groups in total. The van der Waals surface area contributed by atoms with Gasteiger partial charge < -0.3 is 10.2 Å². The fourth-order valence-electron chi connectivity index (χ4n) is 5.74. The van der Waals surface area contributed by atoms with Crippen molar-refractivity contribution in [1.82, 2.24) is 0 Å². The number of fused-ring (bicyclic) bond motifs is 1.